The number of ether oxygens (including phenoxy) is 1. The Morgan fingerprint density at radius 1 is 1.21 bits per heavy atom. The Morgan fingerprint density at radius 2 is 1.92 bits per heavy atom. The number of amides is 1. The highest BCUT2D eigenvalue weighted by Gasteiger charge is 2.33. The molecule has 0 aromatic heterocycles. The Morgan fingerprint density at radius 3 is 2.50 bits per heavy atom. The second-order valence-corrected chi connectivity index (χ2v) is 6.86. The number of hydrogen-bond acceptors (Lipinski definition) is 3. The van der Waals surface area contributed by atoms with Gasteiger partial charge in [0.05, 0.1) is 19.3 Å². The summed E-state index contributed by atoms with van der Waals surface area (Å²) in [4.78, 5) is 12.2. The summed E-state index contributed by atoms with van der Waals surface area (Å²) >= 11 is 0. The predicted octanol–water partition coefficient (Wildman–Crippen LogP) is 3.17. The van der Waals surface area contributed by atoms with Crippen LogP contribution in [0.3, 0.4) is 0 Å². The standard InChI is InChI=1S/C20H23NO3/c1-14(22)17-4-3-5-18(10-17)15-6-8-16(9-7-15)19(23)21-11-20(2)12-24-13-20/h3-10,14,22H,11-13H2,1-2H3,(H,21,23)/t14-/m1/s1. The van der Waals surface area contributed by atoms with Crippen LogP contribution in [0.25, 0.3) is 11.1 Å². The van der Waals surface area contributed by atoms with Crippen molar-refractivity contribution in [1.29, 1.82) is 0 Å². The van der Waals surface area contributed by atoms with Crippen molar-refractivity contribution >= 4 is 5.91 Å². The van der Waals surface area contributed by atoms with Gasteiger partial charge < -0.3 is 15.2 Å². The number of aliphatic hydroxyl groups is 1. The van der Waals surface area contributed by atoms with Gasteiger partial charge in [0.2, 0.25) is 0 Å². The van der Waals surface area contributed by atoms with Gasteiger partial charge in [0, 0.05) is 17.5 Å². The third-order valence-corrected chi connectivity index (χ3v) is 4.43. The van der Waals surface area contributed by atoms with E-state index in [4.69, 9.17) is 4.74 Å². The first-order chi connectivity index (χ1) is 11.5. The summed E-state index contributed by atoms with van der Waals surface area (Å²) in [5.74, 6) is -0.0626. The van der Waals surface area contributed by atoms with Crippen molar-refractivity contribution in [2.75, 3.05) is 19.8 Å². The lowest BCUT2D eigenvalue weighted by Gasteiger charge is -2.38. The number of rotatable bonds is 5. The number of aliphatic hydroxyl groups excluding tert-OH is 1. The molecule has 1 amide bonds. The van der Waals surface area contributed by atoms with Crippen molar-refractivity contribution in [2.45, 2.75) is 20.0 Å². The smallest absolute Gasteiger partial charge is 0.251 e. The van der Waals surface area contributed by atoms with Crippen LogP contribution in [0.1, 0.15) is 35.9 Å². The summed E-state index contributed by atoms with van der Waals surface area (Å²) in [6.45, 7) is 5.89. The number of hydrogen-bond donors (Lipinski definition) is 2. The molecule has 1 heterocycles. The van der Waals surface area contributed by atoms with Gasteiger partial charge in [-0.25, -0.2) is 0 Å². The van der Waals surface area contributed by atoms with Crippen LogP contribution >= 0.6 is 0 Å². The first-order valence-electron chi connectivity index (χ1n) is 8.21. The van der Waals surface area contributed by atoms with Crippen LogP contribution in [0.4, 0.5) is 0 Å². The van der Waals surface area contributed by atoms with E-state index in [1.807, 2.05) is 48.5 Å². The molecule has 1 saturated heterocycles. The average Bonchev–Trinajstić information content (AvgIpc) is 2.58. The molecule has 24 heavy (non-hydrogen) atoms. The molecule has 2 aromatic carbocycles. The Labute approximate surface area is 142 Å². The normalized spacial score (nSPS) is 17.0. The van der Waals surface area contributed by atoms with Crippen LogP contribution in [0.15, 0.2) is 48.5 Å². The lowest BCUT2D eigenvalue weighted by molar-refractivity contribution is -0.0978. The van der Waals surface area contributed by atoms with Gasteiger partial charge in [0.15, 0.2) is 0 Å². The Hall–Kier alpha value is -2.17. The van der Waals surface area contributed by atoms with E-state index in [2.05, 4.69) is 12.2 Å². The molecule has 1 atom stereocenters. The molecule has 2 aromatic rings. The highest BCUT2D eigenvalue weighted by molar-refractivity contribution is 5.94. The van der Waals surface area contributed by atoms with Gasteiger partial charge in [-0.1, -0.05) is 37.3 Å². The zero-order valence-electron chi connectivity index (χ0n) is 14.1. The molecule has 0 unspecified atom stereocenters. The molecule has 3 rings (SSSR count). The fraction of sp³-hybridized carbons (Fsp3) is 0.350. The van der Waals surface area contributed by atoms with Crippen LogP contribution < -0.4 is 5.32 Å². The summed E-state index contributed by atoms with van der Waals surface area (Å²) < 4.78 is 5.20. The third kappa shape index (κ3) is 3.66. The minimum absolute atomic E-state index is 0.0626. The maximum atomic E-state index is 12.2. The van der Waals surface area contributed by atoms with Gasteiger partial charge in [-0.3, -0.25) is 4.79 Å². The van der Waals surface area contributed by atoms with Crippen molar-refractivity contribution in [3.8, 4) is 11.1 Å². The molecule has 0 aliphatic carbocycles. The van der Waals surface area contributed by atoms with Crippen molar-refractivity contribution in [1.82, 2.24) is 5.32 Å². The maximum absolute atomic E-state index is 12.2. The summed E-state index contributed by atoms with van der Waals surface area (Å²) in [5, 5.41) is 12.7. The van der Waals surface area contributed by atoms with E-state index in [1.165, 1.54) is 0 Å². The molecule has 1 aliphatic rings. The van der Waals surface area contributed by atoms with Crippen LogP contribution in [0.2, 0.25) is 0 Å². The molecule has 126 valence electrons. The van der Waals surface area contributed by atoms with E-state index in [9.17, 15) is 9.90 Å². The van der Waals surface area contributed by atoms with Crippen LogP contribution in [-0.4, -0.2) is 30.8 Å². The fourth-order valence-corrected chi connectivity index (χ4v) is 2.74. The SMILES string of the molecule is C[C@@H](O)c1cccc(-c2ccc(C(=O)NCC3(C)COC3)cc2)c1. The Kier molecular flexibility index (Phi) is 4.69. The number of benzene rings is 2. The van der Waals surface area contributed by atoms with Crippen LogP contribution in [0, 0.1) is 5.41 Å². The van der Waals surface area contributed by atoms with Crippen molar-refractivity contribution in [2.24, 2.45) is 5.41 Å². The van der Waals surface area contributed by atoms with E-state index >= 15 is 0 Å². The molecular weight excluding hydrogens is 302 g/mol. The first-order valence-corrected chi connectivity index (χ1v) is 8.21. The molecule has 1 fully saturated rings. The summed E-state index contributed by atoms with van der Waals surface area (Å²) in [6, 6.07) is 15.3. The molecule has 4 heteroatoms. The van der Waals surface area contributed by atoms with E-state index in [0.717, 1.165) is 16.7 Å². The predicted molar refractivity (Wildman–Crippen MR) is 93.8 cm³/mol. The van der Waals surface area contributed by atoms with Crippen LogP contribution in [-0.2, 0) is 4.74 Å². The van der Waals surface area contributed by atoms with E-state index in [-0.39, 0.29) is 11.3 Å². The number of nitrogens with one attached hydrogen (secondary N) is 1. The van der Waals surface area contributed by atoms with E-state index in [1.54, 1.807) is 6.92 Å². The number of carbonyl (C=O) groups is 1. The van der Waals surface area contributed by atoms with Gasteiger partial charge in [-0.05, 0) is 41.8 Å². The molecule has 4 nitrogen and oxygen atoms in total. The quantitative estimate of drug-likeness (QED) is 0.888. The summed E-state index contributed by atoms with van der Waals surface area (Å²) in [5.41, 5.74) is 3.64. The van der Waals surface area contributed by atoms with Crippen molar-refractivity contribution in [3.63, 3.8) is 0 Å². The highest BCUT2D eigenvalue weighted by atomic mass is 16.5. The van der Waals surface area contributed by atoms with E-state index in [0.29, 0.717) is 25.3 Å². The molecule has 1 aliphatic heterocycles. The maximum Gasteiger partial charge on any atom is 0.251 e. The largest absolute Gasteiger partial charge is 0.389 e. The van der Waals surface area contributed by atoms with Crippen molar-refractivity contribution < 1.29 is 14.6 Å². The molecule has 0 bridgehead atoms. The minimum atomic E-state index is -0.494. The topological polar surface area (TPSA) is 58.6 Å². The Bertz CT molecular complexity index is 718. The first kappa shape index (κ1) is 16.7. The minimum Gasteiger partial charge on any atom is -0.389 e. The van der Waals surface area contributed by atoms with Gasteiger partial charge in [0.25, 0.3) is 5.91 Å². The van der Waals surface area contributed by atoms with E-state index < -0.39 is 6.10 Å². The zero-order valence-corrected chi connectivity index (χ0v) is 14.1. The molecule has 0 saturated carbocycles. The van der Waals surface area contributed by atoms with Crippen molar-refractivity contribution in [3.05, 3.63) is 59.7 Å². The Balaban J connectivity index is 1.68. The van der Waals surface area contributed by atoms with Gasteiger partial charge in [-0.2, -0.15) is 0 Å². The van der Waals surface area contributed by atoms with Crippen LogP contribution in [0.5, 0.6) is 0 Å². The molecule has 0 spiro atoms. The lowest BCUT2D eigenvalue weighted by Crippen LogP contribution is -2.48. The lowest BCUT2D eigenvalue weighted by atomic mass is 9.88. The zero-order chi connectivity index (χ0) is 17.2. The fourth-order valence-electron chi connectivity index (χ4n) is 2.74. The summed E-state index contributed by atoms with van der Waals surface area (Å²) in [7, 11) is 0. The van der Waals surface area contributed by atoms with Gasteiger partial charge >= 0.3 is 0 Å². The second kappa shape index (κ2) is 6.75. The average molecular weight is 325 g/mol. The molecule has 0 radical (unpaired) electrons. The highest BCUT2D eigenvalue weighted by Crippen LogP contribution is 2.26. The monoisotopic (exact) mass is 325 g/mol. The summed E-state index contributed by atoms with van der Waals surface area (Å²) in [6.07, 6.45) is -0.494. The van der Waals surface area contributed by atoms with Gasteiger partial charge in [-0.15, -0.1) is 0 Å². The molecular formula is C20H23NO3. The number of carbonyl (C=O) groups excluding carboxylic acids is 1. The third-order valence-electron chi connectivity index (χ3n) is 4.43. The molecule has 2 N–H and O–H groups in total. The second-order valence-electron chi connectivity index (χ2n) is 6.86. The van der Waals surface area contributed by atoms with Gasteiger partial charge in [0.1, 0.15) is 0 Å².